The molecule has 0 fully saturated rings. The van der Waals surface area contributed by atoms with Gasteiger partial charge in [0.1, 0.15) is 0 Å². The fraction of sp³-hybridized carbons (Fsp3) is 0.222. The standard InChI is InChI=1S/C9H6F4O2/c10-7(11)5-1-3-6(4-2-5)9(12,13)8(14)15/h1-4,7H,(H,14,15). The molecule has 0 aliphatic rings. The van der Waals surface area contributed by atoms with Crippen LogP contribution in [0.1, 0.15) is 17.6 Å². The average molecular weight is 222 g/mol. The van der Waals surface area contributed by atoms with Crippen LogP contribution in [0.5, 0.6) is 0 Å². The predicted molar refractivity (Wildman–Crippen MR) is 42.9 cm³/mol. The second-order valence-corrected chi connectivity index (χ2v) is 2.80. The second-order valence-electron chi connectivity index (χ2n) is 2.80. The van der Waals surface area contributed by atoms with Crippen LogP contribution in [0.15, 0.2) is 24.3 Å². The molecule has 0 spiro atoms. The summed E-state index contributed by atoms with van der Waals surface area (Å²) >= 11 is 0. The molecule has 1 aromatic carbocycles. The van der Waals surface area contributed by atoms with Crippen molar-refractivity contribution in [3.63, 3.8) is 0 Å². The van der Waals surface area contributed by atoms with Gasteiger partial charge in [0.2, 0.25) is 0 Å². The first-order chi connectivity index (χ1) is 6.85. The van der Waals surface area contributed by atoms with Gasteiger partial charge in [-0.1, -0.05) is 24.3 Å². The highest BCUT2D eigenvalue weighted by Crippen LogP contribution is 2.29. The van der Waals surface area contributed by atoms with Gasteiger partial charge in [-0.15, -0.1) is 0 Å². The van der Waals surface area contributed by atoms with Crippen molar-refractivity contribution in [3.05, 3.63) is 35.4 Å². The average Bonchev–Trinajstić information content (AvgIpc) is 2.17. The van der Waals surface area contributed by atoms with Gasteiger partial charge in [0.25, 0.3) is 6.43 Å². The van der Waals surface area contributed by atoms with Gasteiger partial charge in [0.15, 0.2) is 0 Å². The van der Waals surface area contributed by atoms with E-state index in [0.717, 1.165) is 12.1 Å². The molecule has 0 saturated carbocycles. The highest BCUT2D eigenvalue weighted by atomic mass is 19.3. The predicted octanol–water partition coefficient (Wildman–Crippen LogP) is 2.80. The minimum Gasteiger partial charge on any atom is -0.477 e. The maximum atomic E-state index is 12.8. The molecule has 0 bridgehead atoms. The molecule has 0 atom stereocenters. The maximum absolute atomic E-state index is 12.8. The van der Waals surface area contributed by atoms with Gasteiger partial charge in [-0.3, -0.25) is 0 Å². The molecule has 2 nitrogen and oxygen atoms in total. The molecule has 1 aromatic rings. The summed E-state index contributed by atoms with van der Waals surface area (Å²) in [5.74, 6) is -6.37. The third-order valence-electron chi connectivity index (χ3n) is 1.79. The highest BCUT2D eigenvalue weighted by Gasteiger charge is 2.40. The Bertz CT molecular complexity index is 359. The Labute approximate surface area is 82.1 Å². The van der Waals surface area contributed by atoms with Crippen LogP contribution in [-0.2, 0) is 10.7 Å². The largest absolute Gasteiger partial charge is 0.477 e. The van der Waals surface area contributed by atoms with E-state index in [0.29, 0.717) is 12.1 Å². The molecule has 15 heavy (non-hydrogen) atoms. The van der Waals surface area contributed by atoms with E-state index < -0.39 is 29.4 Å². The number of halogens is 4. The van der Waals surface area contributed by atoms with Gasteiger partial charge in [-0.05, 0) is 0 Å². The summed E-state index contributed by atoms with van der Waals surface area (Å²) in [6, 6.07) is 2.90. The Morgan fingerprint density at radius 1 is 1.20 bits per heavy atom. The number of rotatable bonds is 3. The van der Waals surface area contributed by atoms with Crippen LogP contribution in [0.25, 0.3) is 0 Å². The zero-order valence-corrected chi connectivity index (χ0v) is 7.25. The highest BCUT2D eigenvalue weighted by molar-refractivity contribution is 5.77. The fourth-order valence-electron chi connectivity index (χ4n) is 0.961. The van der Waals surface area contributed by atoms with E-state index in [9.17, 15) is 22.4 Å². The minimum absolute atomic E-state index is 0.431. The molecule has 82 valence electrons. The maximum Gasteiger partial charge on any atom is 0.379 e. The molecule has 0 saturated heterocycles. The SMILES string of the molecule is O=C(O)C(F)(F)c1ccc(C(F)F)cc1. The summed E-state index contributed by atoms with van der Waals surface area (Å²) in [4.78, 5) is 10.1. The van der Waals surface area contributed by atoms with Gasteiger partial charge in [0.05, 0.1) is 0 Å². The minimum atomic E-state index is -4.05. The van der Waals surface area contributed by atoms with E-state index in [4.69, 9.17) is 5.11 Å². The van der Waals surface area contributed by atoms with E-state index in [1.807, 2.05) is 0 Å². The molecule has 0 aliphatic heterocycles. The monoisotopic (exact) mass is 222 g/mol. The van der Waals surface area contributed by atoms with Gasteiger partial charge in [0, 0.05) is 11.1 Å². The number of carboxylic acids is 1. The molecule has 0 radical (unpaired) electrons. The number of benzene rings is 1. The van der Waals surface area contributed by atoms with Crippen molar-refractivity contribution in [3.8, 4) is 0 Å². The Kier molecular flexibility index (Phi) is 2.97. The van der Waals surface area contributed by atoms with E-state index in [-0.39, 0.29) is 0 Å². The van der Waals surface area contributed by atoms with Crippen LogP contribution in [0, 0.1) is 0 Å². The van der Waals surface area contributed by atoms with Crippen molar-refractivity contribution in [2.45, 2.75) is 12.3 Å². The normalized spacial score (nSPS) is 11.8. The Balaban J connectivity index is 3.04. The molecule has 0 heterocycles. The molecule has 0 aromatic heterocycles. The Morgan fingerprint density at radius 3 is 2.00 bits per heavy atom. The molecule has 1 rings (SSSR count). The van der Waals surface area contributed by atoms with Gasteiger partial charge in [-0.2, -0.15) is 8.78 Å². The molecular weight excluding hydrogens is 216 g/mol. The zero-order chi connectivity index (χ0) is 11.6. The Morgan fingerprint density at radius 2 is 1.67 bits per heavy atom. The van der Waals surface area contributed by atoms with Crippen LogP contribution in [0.3, 0.4) is 0 Å². The first-order valence-electron chi connectivity index (χ1n) is 3.85. The van der Waals surface area contributed by atoms with Crippen molar-refractivity contribution < 1.29 is 27.5 Å². The van der Waals surface area contributed by atoms with Gasteiger partial charge < -0.3 is 5.11 Å². The van der Waals surface area contributed by atoms with Crippen molar-refractivity contribution in [1.29, 1.82) is 0 Å². The number of carboxylic acid groups (broad SMARTS) is 1. The van der Waals surface area contributed by atoms with Crippen molar-refractivity contribution in [1.82, 2.24) is 0 Å². The third kappa shape index (κ3) is 2.26. The van der Waals surface area contributed by atoms with E-state index in [2.05, 4.69) is 0 Å². The lowest BCUT2D eigenvalue weighted by Gasteiger charge is -2.11. The van der Waals surface area contributed by atoms with Crippen LogP contribution in [0.2, 0.25) is 0 Å². The summed E-state index contributed by atoms with van der Waals surface area (Å²) in [6.07, 6.45) is -2.77. The van der Waals surface area contributed by atoms with Gasteiger partial charge >= 0.3 is 11.9 Å². The molecule has 1 N–H and O–H groups in total. The number of aliphatic carboxylic acids is 1. The van der Waals surface area contributed by atoms with Crippen molar-refractivity contribution >= 4 is 5.97 Å². The zero-order valence-electron chi connectivity index (χ0n) is 7.25. The molecule has 0 unspecified atom stereocenters. The second kappa shape index (κ2) is 3.88. The van der Waals surface area contributed by atoms with E-state index in [1.54, 1.807) is 0 Å². The topological polar surface area (TPSA) is 37.3 Å². The number of alkyl halides is 4. The van der Waals surface area contributed by atoms with E-state index >= 15 is 0 Å². The summed E-state index contributed by atoms with van der Waals surface area (Å²) in [6.45, 7) is 0. The quantitative estimate of drug-likeness (QED) is 0.798. The number of hydrogen-bond acceptors (Lipinski definition) is 1. The summed E-state index contributed by atoms with van der Waals surface area (Å²) in [5, 5.41) is 8.18. The molecule has 0 aliphatic carbocycles. The fourth-order valence-corrected chi connectivity index (χ4v) is 0.961. The van der Waals surface area contributed by atoms with Crippen molar-refractivity contribution in [2.75, 3.05) is 0 Å². The lowest BCUT2D eigenvalue weighted by Crippen LogP contribution is -2.25. The van der Waals surface area contributed by atoms with Crippen LogP contribution in [0.4, 0.5) is 17.6 Å². The van der Waals surface area contributed by atoms with Crippen LogP contribution >= 0.6 is 0 Å². The molecular formula is C9H6F4O2. The molecule has 0 amide bonds. The smallest absolute Gasteiger partial charge is 0.379 e. The number of carbonyl (C=O) groups is 1. The molecule has 6 heteroatoms. The third-order valence-corrected chi connectivity index (χ3v) is 1.79. The summed E-state index contributed by atoms with van der Waals surface area (Å²) < 4.78 is 49.7. The Hall–Kier alpha value is -1.59. The number of hydrogen-bond donors (Lipinski definition) is 1. The lowest BCUT2D eigenvalue weighted by atomic mass is 10.1. The summed E-state index contributed by atoms with van der Waals surface area (Å²) in [5.41, 5.74) is -1.25. The first-order valence-corrected chi connectivity index (χ1v) is 3.85. The summed E-state index contributed by atoms with van der Waals surface area (Å²) in [7, 11) is 0. The van der Waals surface area contributed by atoms with Crippen LogP contribution < -0.4 is 0 Å². The van der Waals surface area contributed by atoms with Crippen molar-refractivity contribution in [2.24, 2.45) is 0 Å². The first kappa shape index (κ1) is 11.5. The van der Waals surface area contributed by atoms with Crippen LogP contribution in [-0.4, -0.2) is 11.1 Å². The van der Waals surface area contributed by atoms with E-state index in [1.165, 1.54) is 0 Å². The lowest BCUT2D eigenvalue weighted by molar-refractivity contribution is -0.166. The van der Waals surface area contributed by atoms with Gasteiger partial charge in [-0.25, -0.2) is 13.6 Å².